The molecular formula is C14H33NaO8S2. The molecule has 3 N–H and O–H groups in total. The zero-order valence-corrected chi connectivity index (χ0v) is 16.0. The van der Waals surface area contributed by atoms with Crippen molar-refractivity contribution in [3.05, 3.63) is 0 Å². The SMILES string of the molecule is CCCCCCCCCCCCCCOS(=O)(=O)O.O=S(=O)(O)O.[NaH]. The first kappa shape index (κ1) is 30.5. The van der Waals surface area contributed by atoms with Gasteiger partial charge in [0.25, 0.3) is 0 Å². The van der Waals surface area contributed by atoms with Gasteiger partial charge in [-0.25, -0.2) is 4.18 Å². The van der Waals surface area contributed by atoms with Crippen LogP contribution in [0.1, 0.15) is 84.0 Å². The van der Waals surface area contributed by atoms with Crippen LogP contribution in [0, 0.1) is 0 Å². The minimum absolute atomic E-state index is 0. The van der Waals surface area contributed by atoms with E-state index in [-0.39, 0.29) is 36.2 Å². The van der Waals surface area contributed by atoms with Crippen molar-refractivity contribution in [3.8, 4) is 0 Å². The molecule has 0 saturated heterocycles. The van der Waals surface area contributed by atoms with Crippen LogP contribution in [0.5, 0.6) is 0 Å². The second kappa shape index (κ2) is 19.5. The normalized spacial score (nSPS) is 11.4. The zero-order chi connectivity index (χ0) is 18.9. The summed E-state index contributed by atoms with van der Waals surface area (Å²) in [5.41, 5.74) is 0. The number of rotatable bonds is 14. The summed E-state index contributed by atoms with van der Waals surface area (Å²) in [5, 5.41) is 0. The summed E-state index contributed by atoms with van der Waals surface area (Å²) < 4.78 is 64.7. The van der Waals surface area contributed by atoms with E-state index in [4.69, 9.17) is 22.1 Å². The molecule has 11 heteroatoms. The third kappa shape index (κ3) is 45.7. The maximum atomic E-state index is 10.3. The molecule has 0 amide bonds. The summed E-state index contributed by atoms with van der Waals surface area (Å²) in [6, 6.07) is 0. The summed E-state index contributed by atoms with van der Waals surface area (Å²) >= 11 is 0. The fourth-order valence-electron chi connectivity index (χ4n) is 2.11. The topological polar surface area (TPSA) is 138 Å². The van der Waals surface area contributed by atoms with E-state index in [9.17, 15) is 8.42 Å². The van der Waals surface area contributed by atoms with Crippen LogP contribution >= 0.6 is 0 Å². The molecule has 0 unspecified atom stereocenters. The molecule has 0 aliphatic heterocycles. The third-order valence-electron chi connectivity index (χ3n) is 3.23. The molecule has 8 nitrogen and oxygen atoms in total. The van der Waals surface area contributed by atoms with E-state index in [1.165, 1.54) is 57.8 Å². The van der Waals surface area contributed by atoms with Gasteiger partial charge in [-0.15, -0.1) is 0 Å². The van der Waals surface area contributed by atoms with E-state index in [0.29, 0.717) is 6.42 Å². The molecule has 0 bridgehead atoms. The van der Waals surface area contributed by atoms with Crippen LogP contribution in [0.25, 0.3) is 0 Å². The van der Waals surface area contributed by atoms with Crippen molar-refractivity contribution in [2.45, 2.75) is 84.0 Å². The van der Waals surface area contributed by atoms with Gasteiger partial charge in [-0.1, -0.05) is 77.6 Å². The van der Waals surface area contributed by atoms with E-state index >= 15 is 0 Å². The Morgan fingerprint density at radius 1 is 0.640 bits per heavy atom. The molecule has 0 aromatic heterocycles. The van der Waals surface area contributed by atoms with Gasteiger partial charge in [-0.05, 0) is 6.42 Å². The fourth-order valence-corrected chi connectivity index (χ4v) is 2.44. The van der Waals surface area contributed by atoms with Crippen molar-refractivity contribution >= 4 is 50.4 Å². The molecule has 25 heavy (non-hydrogen) atoms. The molecule has 0 aromatic rings. The van der Waals surface area contributed by atoms with Crippen molar-refractivity contribution in [1.82, 2.24) is 0 Å². The van der Waals surface area contributed by atoms with Crippen LogP contribution in [-0.4, -0.2) is 66.7 Å². The van der Waals surface area contributed by atoms with Gasteiger partial charge in [0.1, 0.15) is 0 Å². The Labute approximate surface area is 174 Å². The molecule has 0 radical (unpaired) electrons. The molecule has 0 rings (SSSR count). The van der Waals surface area contributed by atoms with Gasteiger partial charge in [0.15, 0.2) is 0 Å². The van der Waals surface area contributed by atoms with E-state index in [2.05, 4.69) is 11.1 Å². The van der Waals surface area contributed by atoms with Crippen LogP contribution in [0.15, 0.2) is 0 Å². The van der Waals surface area contributed by atoms with Crippen molar-refractivity contribution in [1.29, 1.82) is 0 Å². The molecule has 0 aliphatic rings. The predicted octanol–water partition coefficient (Wildman–Crippen LogP) is 3.21. The third-order valence-corrected chi connectivity index (χ3v) is 3.69. The first-order valence-corrected chi connectivity index (χ1v) is 11.1. The maximum absolute atomic E-state index is 10.3. The van der Waals surface area contributed by atoms with Crippen molar-refractivity contribution in [3.63, 3.8) is 0 Å². The van der Waals surface area contributed by atoms with Crippen LogP contribution in [0.2, 0.25) is 0 Å². The van der Waals surface area contributed by atoms with Gasteiger partial charge in [-0.2, -0.15) is 16.8 Å². The first-order valence-electron chi connectivity index (χ1n) is 8.38. The standard InChI is InChI=1S/C14H30O4S.Na.H2O4S.H/c1-2-3-4-5-6-7-8-9-10-11-12-13-14-18-19(15,16)17;;1-5(2,3)4;/h2-14H2,1H3,(H,15,16,17);;(H2,1,2,3,4);. The second-order valence-electron chi connectivity index (χ2n) is 5.59. The summed E-state index contributed by atoms with van der Waals surface area (Å²) in [6.07, 6.45) is 14.7. The van der Waals surface area contributed by atoms with Gasteiger partial charge in [0.05, 0.1) is 6.61 Å². The average molecular weight is 417 g/mol. The van der Waals surface area contributed by atoms with Gasteiger partial charge >= 0.3 is 50.4 Å². The Morgan fingerprint density at radius 2 is 0.920 bits per heavy atom. The Bertz CT molecular complexity index is 457. The molecule has 0 fully saturated rings. The fraction of sp³-hybridized carbons (Fsp3) is 1.00. The molecule has 0 saturated carbocycles. The number of hydrogen-bond acceptors (Lipinski definition) is 5. The van der Waals surface area contributed by atoms with Crippen LogP contribution < -0.4 is 0 Å². The van der Waals surface area contributed by atoms with Crippen molar-refractivity contribution in [2.24, 2.45) is 0 Å². The Balaban J connectivity index is -0.000000704. The molecule has 0 aliphatic carbocycles. The van der Waals surface area contributed by atoms with Crippen LogP contribution in [-0.2, 0) is 25.0 Å². The predicted molar refractivity (Wildman–Crippen MR) is 99.9 cm³/mol. The van der Waals surface area contributed by atoms with Crippen molar-refractivity contribution in [2.75, 3.05) is 6.61 Å². The van der Waals surface area contributed by atoms with Gasteiger partial charge in [0.2, 0.25) is 0 Å². The Morgan fingerprint density at radius 3 is 1.20 bits per heavy atom. The van der Waals surface area contributed by atoms with E-state index < -0.39 is 20.8 Å². The molecular weight excluding hydrogens is 383 g/mol. The zero-order valence-electron chi connectivity index (χ0n) is 14.4. The summed E-state index contributed by atoms with van der Waals surface area (Å²) in [5.74, 6) is 0. The summed E-state index contributed by atoms with van der Waals surface area (Å²) in [7, 11) is -8.91. The molecule has 0 atom stereocenters. The van der Waals surface area contributed by atoms with Gasteiger partial charge < -0.3 is 0 Å². The molecule has 0 spiro atoms. The summed E-state index contributed by atoms with van der Waals surface area (Å²) in [6.45, 7) is 2.33. The number of hydrogen-bond donors (Lipinski definition) is 3. The van der Waals surface area contributed by atoms with Gasteiger partial charge in [0, 0.05) is 0 Å². The van der Waals surface area contributed by atoms with Crippen LogP contribution in [0.4, 0.5) is 0 Å². The molecule has 0 heterocycles. The van der Waals surface area contributed by atoms with Crippen molar-refractivity contribution < 1.29 is 34.7 Å². The van der Waals surface area contributed by atoms with E-state index in [1.54, 1.807) is 0 Å². The van der Waals surface area contributed by atoms with E-state index in [0.717, 1.165) is 12.8 Å². The van der Waals surface area contributed by atoms with Gasteiger partial charge in [-0.3, -0.25) is 13.7 Å². The quantitative estimate of drug-likeness (QED) is 0.223. The van der Waals surface area contributed by atoms with E-state index in [1.807, 2.05) is 0 Å². The summed E-state index contributed by atoms with van der Waals surface area (Å²) in [4.78, 5) is 0. The first-order chi connectivity index (χ1) is 11.1. The Hall–Kier alpha value is 0.740. The monoisotopic (exact) mass is 416 g/mol. The number of unbranched alkanes of at least 4 members (excludes halogenated alkanes) is 11. The Kier molecular flexibility index (Phi) is 23.8. The minimum atomic E-state index is -4.67. The molecule has 150 valence electrons. The second-order valence-corrected chi connectivity index (χ2v) is 7.57. The average Bonchev–Trinajstić information content (AvgIpc) is 2.41. The molecule has 0 aromatic carbocycles. The van der Waals surface area contributed by atoms with Crippen LogP contribution in [0.3, 0.4) is 0 Å².